The molecule has 3 rings (SSSR count). The number of nitrogens with one attached hydrogen (secondary N) is 2. The second-order valence-electron chi connectivity index (χ2n) is 6.96. The van der Waals surface area contributed by atoms with Gasteiger partial charge >= 0.3 is 0 Å². The van der Waals surface area contributed by atoms with Crippen LogP contribution in [-0.2, 0) is 11.2 Å². The Morgan fingerprint density at radius 1 is 1.21 bits per heavy atom. The molecule has 0 spiro atoms. The van der Waals surface area contributed by atoms with Gasteiger partial charge in [0.2, 0.25) is 5.95 Å². The Labute approximate surface area is 171 Å². The van der Waals surface area contributed by atoms with E-state index >= 15 is 0 Å². The Morgan fingerprint density at radius 3 is 2.83 bits per heavy atom. The highest BCUT2D eigenvalue weighted by atomic mass is 16.5. The molecule has 1 fully saturated rings. The number of methoxy groups -OCH3 is 1. The van der Waals surface area contributed by atoms with Crippen LogP contribution in [0.2, 0.25) is 0 Å². The van der Waals surface area contributed by atoms with Gasteiger partial charge in [-0.05, 0) is 37.1 Å². The molecule has 8 heteroatoms. The lowest BCUT2D eigenvalue weighted by Gasteiger charge is -2.26. The summed E-state index contributed by atoms with van der Waals surface area (Å²) in [5.41, 5.74) is 2.23. The molecule has 1 aliphatic heterocycles. The molecular formula is C21H29N5O3. The summed E-state index contributed by atoms with van der Waals surface area (Å²) in [6, 6.07) is 9.53. The molecule has 156 valence electrons. The maximum absolute atomic E-state index is 12.5. The largest absolute Gasteiger partial charge is 0.497 e. The zero-order valence-electron chi connectivity index (χ0n) is 17.1. The van der Waals surface area contributed by atoms with Crippen LogP contribution in [0.15, 0.2) is 30.3 Å². The number of carbonyl (C=O) groups excluding carboxylic acids is 1. The maximum Gasteiger partial charge on any atom is 0.270 e. The number of nitrogens with zero attached hydrogens (tertiary/aromatic N) is 3. The van der Waals surface area contributed by atoms with Crippen LogP contribution < -0.4 is 15.4 Å². The number of morpholine rings is 1. The number of aromatic nitrogens is 2. The maximum atomic E-state index is 12.5. The van der Waals surface area contributed by atoms with Crippen molar-refractivity contribution in [3.8, 4) is 5.75 Å². The van der Waals surface area contributed by atoms with Gasteiger partial charge in [0.15, 0.2) is 0 Å². The minimum atomic E-state index is -0.199. The fraction of sp³-hybridized carbons (Fsp3) is 0.476. The van der Waals surface area contributed by atoms with E-state index in [1.165, 1.54) is 0 Å². The van der Waals surface area contributed by atoms with Crippen LogP contribution in [0.1, 0.15) is 21.7 Å². The van der Waals surface area contributed by atoms with Gasteiger partial charge in [0.25, 0.3) is 5.91 Å². The van der Waals surface area contributed by atoms with E-state index in [-0.39, 0.29) is 5.91 Å². The Bertz CT molecular complexity index is 809. The van der Waals surface area contributed by atoms with Crippen molar-refractivity contribution in [2.24, 2.45) is 0 Å². The molecule has 1 amide bonds. The standard InChI is InChI=1S/C21H29N5O3/c1-16-14-19(20(27)22-7-6-17-4-3-5-18(15-17)28-2)25-21(24-16)23-8-9-26-10-12-29-13-11-26/h3-5,14-15H,6-13H2,1-2H3,(H,22,27)(H,23,24,25). The van der Waals surface area contributed by atoms with Crippen molar-refractivity contribution >= 4 is 11.9 Å². The van der Waals surface area contributed by atoms with Crippen LogP contribution in [-0.4, -0.2) is 73.8 Å². The van der Waals surface area contributed by atoms with Crippen LogP contribution >= 0.6 is 0 Å². The van der Waals surface area contributed by atoms with E-state index in [4.69, 9.17) is 9.47 Å². The molecule has 0 atom stereocenters. The normalized spacial score (nSPS) is 14.4. The molecular weight excluding hydrogens is 370 g/mol. The minimum Gasteiger partial charge on any atom is -0.497 e. The summed E-state index contributed by atoms with van der Waals surface area (Å²) in [5, 5.41) is 6.15. The lowest BCUT2D eigenvalue weighted by Crippen LogP contribution is -2.39. The van der Waals surface area contributed by atoms with Crippen molar-refractivity contribution in [2.75, 3.05) is 58.4 Å². The zero-order valence-corrected chi connectivity index (χ0v) is 17.1. The fourth-order valence-corrected chi connectivity index (χ4v) is 3.15. The van der Waals surface area contributed by atoms with Crippen LogP contribution in [0.5, 0.6) is 5.75 Å². The monoisotopic (exact) mass is 399 g/mol. The first-order valence-electron chi connectivity index (χ1n) is 9.95. The van der Waals surface area contributed by atoms with Gasteiger partial charge in [-0.25, -0.2) is 9.97 Å². The van der Waals surface area contributed by atoms with Gasteiger partial charge in [-0.15, -0.1) is 0 Å². The van der Waals surface area contributed by atoms with Gasteiger partial charge in [0, 0.05) is 38.4 Å². The van der Waals surface area contributed by atoms with Gasteiger partial charge in [-0.3, -0.25) is 9.69 Å². The topological polar surface area (TPSA) is 88.6 Å². The van der Waals surface area contributed by atoms with Gasteiger partial charge in [-0.2, -0.15) is 0 Å². The number of aryl methyl sites for hydroxylation is 1. The fourth-order valence-electron chi connectivity index (χ4n) is 3.15. The van der Waals surface area contributed by atoms with E-state index in [1.54, 1.807) is 13.2 Å². The second-order valence-corrected chi connectivity index (χ2v) is 6.96. The summed E-state index contributed by atoms with van der Waals surface area (Å²) in [6.45, 7) is 7.44. The molecule has 2 heterocycles. The lowest BCUT2D eigenvalue weighted by atomic mass is 10.1. The molecule has 0 radical (unpaired) electrons. The summed E-state index contributed by atoms with van der Waals surface area (Å²) in [4.78, 5) is 23.6. The predicted molar refractivity (Wildman–Crippen MR) is 112 cm³/mol. The van der Waals surface area contributed by atoms with Gasteiger partial charge in [0.05, 0.1) is 20.3 Å². The van der Waals surface area contributed by atoms with Crippen LogP contribution in [0.3, 0.4) is 0 Å². The molecule has 1 aromatic carbocycles. The van der Waals surface area contributed by atoms with Gasteiger partial charge in [0.1, 0.15) is 11.4 Å². The van der Waals surface area contributed by atoms with E-state index in [1.807, 2.05) is 31.2 Å². The van der Waals surface area contributed by atoms with Crippen molar-refractivity contribution in [2.45, 2.75) is 13.3 Å². The van der Waals surface area contributed by atoms with Gasteiger partial charge < -0.3 is 20.1 Å². The van der Waals surface area contributed by atoms with Crippen molar-refractivity contribution in [1.82, 2.24) is 20.2 Å². The number of anilines is 1. The number of hydrogen-bond donors (Lipinski definition) is 2. The number of hydrogen-bond acceptors (Lipinski definition) is 7. The molecule has 0 bridgehead atoms. The highest BCUT2D eigenvalue weighted by molar-refractivity contribution is 5.92. The Hall–Kier alpha value is -2.71. The number of ether oxygens (including phenoxy) is 2. The van der Waals surface area contributed by atoms with E-state index in [2.05, 4.69) is 25.5 Å². The summed E-state index contributed by atoms with van der Waals surface area (Å²) in [7, 11) is 1.64. The molecule has 8 nitrogen and oxygen atoms in total. The van der Waals surface area contributed by atoms with Crippen LogP contribution in [0, 0.1) is 6.92 Å². The average Bonchev–Trinajstić information content (AvgIpc) is 2.74. The van der Waals surface area contributed by atoms with E-state index in [9.17, 15) is 4.79 Å². The summed E-state index contributed by atoms with van der Waals surface area (Å²) >= 11 is 0. The number of carbonyl (C=O) groups is 1. The lowest BCUT2D eigenvalue weighted by molar-refractivity contribution is 0.0398. The van der Waals surface area contributed by atoms with E-state index < -0.39 is 0 Å². The van der Waals surface area contributed by atoms with Crippen molar-refractivity contribution < 1.29 is 14.3 Å². The summed E-state index contributed by atoms with van der Waals surface area (Å²) < 4.78 is 10.6. The van der Waals surface area contributed by atoms with Crippen molar-refractivity contribution in [1.29, 1.82) is 0 Å². The second kappa shape index (κ2) is 10.7. The number of rotatable bonds is 9. The van der Waals surface area contributed by atoms with Crippen molar-refractivity contribution in [3.05, 3.63) is 47.3 Å². The molecule has 0 saturated carbocycles. The SMILES string of the molecule is COc1cccc(CCNC(=O)c2cc(C)nc(NCCN3CCOCC3)n2)c1. The first kappa shape index (κ1) is 21.0. The predicted octanol–water partition coefficient (Wildman–Crippen LogP) is 1.51. The first-order valence-corrected chi connectivity index (χ1v) is 9.95. The highest BCUT2D eigenvalue weighted by Gasteiger charge is 2.12. The smallest absolute Gasteiger partial charge is 0.270 e. The molecule has 2 N–H and O–H groups in total. The summed E-state index contributed by atoms with van der Waals surface area (Å²) in [6.07, 6.45) is 0.720. The molecule has 2 aromatic rings. The molecule has 29 heavy (non-hydrogen) atoms. The van der Waals surface area contributed by atoms with Crippen molar-refractivity contribution in [3.63, 3.8) is 0 Å². The third-order valence-electron chi connectivity index (χ3n) is 4.74. The molecule has 1 aromatic heterocycles. The van der Waals surface area contributed by atoms with Crippen LogP contribution in [0.4, 0.5) is 5.95 Å². The first-order chi connectivity index (χ1) is 14.1. The van der Waals surface area contributed by atoms with E-state index in [0.717, 1.165) is 62.8 Å². The Morgan fingerprint density at radius 2 is 2.03 bits per heavy atom. The van der Waals surface area contributed by atoms with Gasteiger partial charge in [-0.1, -0.05) is 12.1 Å². The molecule has 0 aliphatic carbocycles. The Balaban J connectivity index is 1.49. The molecule has 1 aliphatic rings. The summed E-state index contributed by atoms with van der Waals surface area (Å²) in [5.74, 6) is 1.10. The number of benzene rings is 1. The highest BCUT2D eigenvalue weighted by Crippen LogP contribution is 2.12. The third kappa shape index (κ3) is 6.69. The van der Waals surface area contributed by atoms with Crippen LogP contribution in [0.25, 0.3) is 0 Å². The zero-order chi connectivity index (χ0) is 20.5. The minimum absolute atomic E-state index is 0.199. The number of amides is 1. The quantitative estimate of drug-likeness (QED) is 0.661. The third-order valence-corrected chi connectivity index (χ3v) is 4.74. The molecule has 1 saturated heterocycles. The average molecular weight is 399 g/mol. The van der Waals surface area contributed by atoms with E-state index in [0.29, 0.717) is 18.2 Å². The Kier molecular flexibility index (Phi) is 7.77. The molecule has 0 unspecified atom stereocenters.